The Hall–Kier alpha value is -0.650. The highest BCUT2D eigenvalue weighted by Gasteiger charge is 2.21. The third kappa shape index (κ3) is 5.02. The molecule has 0 aromatic rings. The molecule has 17 heavy (non-hydrogen) atoms. The van der Waals surface area contributed by atoms with Crippen molar-refractivity contribution in [3.63, 3.8) is 0 Å². The van der Waals surface area contributed by atoms with Crippen LogP contribution in [0.3, 0.4) is 0 Å². The summed E-state index contributed by atoms with van der Waals surface area (Å²) in [5, 5.41) is 6.25. The van der Waals surface area contributed by atoms with Crippen molar-refractivity contribution in [3.8, 4) is 0 Å². The molecule has 1 saturated carbocycles. The van der Waals surface area contributed by atoms with Crippen LogP contribution in [-0.4, -0.2) is 62.3 Å². The molecule has 1 aliphatic heterocycles. The molecule has 5 heteroatoms. The van der Waals surface area contributed by atoms with E-state index in [1.807, 2.05) is 0 Å². The lowest BCUT2D eigenvalue weighted by Gasteiger charge is -2.29. The van der Waals surface area contributed by atoms with Crippen LogP contribution in [-0.2, 0) is 9.53 Å². The third-order valence-electron chi connectivity index (χ3n) is 3.17. The molecule has 1 amide bonds. The van der Waals surface area contributed by atoms with Crippen LogP contribution in [0.15, 0.2) is 0 Å². The molecule has 2 rings (SSSR count). The van der Waals surface area contributed by atoms with Gasteiger partial charge in [-0.1, -0.05) is 0 Å². The van der Waals surface area contributed by atoms with Gasteiger partial charge in [-0.15, -0.1) is 0 Å². The van der Waals surface area contributed by atoms with Crippen LogP contribution in [0, 0.1) is 0 Å². The second kappa shape index (κ2) is 6.33. The molecule has 1 unspecified atom stereocenters. The smallest absolute Gasteiger partial charge is 0.234 e. The van der Waals surface area contributed by atoms with Gasteiger partial charge in [0.1, 0.15) is 0 Å². The average molecular weight is 241 g/mol. The molecule has 0 radical (unpaired) electrons. The molecule has 2 fully saturated rings. The van der Waals surface area contributed by atoms with Crippen molar-refractivity contribution in [1.29, 1.82) is 0 Å². The molecule has 2 N–H and O–H groups in total. The van der Waals surface area contributed by atoms with Crippen molar-refractivity contribution in [1.82, 2.24) is 15.5 Å². The number of hydrogen-bond acceptors (Lipinski definition) is 4. The summed E-state index contributed by atoms with van der Waals surface area (Å²) >= 11 is 0. The minimum Gasteiger partial charge on any atom is -0.379 e. The van der Waals surface area contributed by atoms with Crippen LogP contribution in [0.5, 0.6) is 0 Å². The molecule has 1 heterocycles. The van der Waals surface area contributed by atoms with Gasteiger partial charge in [-0.2, -0.15) is 0 Å². The van der Waals surface area contributed by atoms with E-state index in [1.54, 1.807) is 0 Å². The van der Waals surface area contributed by atoms with E-state index in [0.717, 1.165) is 32.8 Å². The number of hydrogen-bond donors (Lipinski definition) is 2. The van der Waals surface area contributed by atoms with Crippen molar-refractivity contribution in [2.45, 2.75) is 31.8 Å². The summed E-state index contributed by atoms with van der Waals surface area (Å²) < 4.78 is 5.30. The van der Waals surface area contributed by atoms with Gasteiger partial charge in [0.15, 0.2) is 0 Å². The molecule has 1 aliphatic carbocycles. The largest absolute Gasteiger partial charge is 0.379 e. The Morgan fingerprint density at radius 2 is 2.12 bits per heavy atom. The Morgan fingerprint density at radius 1 is 1.41 bits per heavy atom. The fraction of sp³-hybridized carbons (Fsp3) is 0.917. The Balaban J connectivity index is 1.57. The third-order valence-corrected chi connectivity index (χ3v) is 3.17. The SMILES string of the molecule is CC(CN1CCOCC1)NC(=O)CNC1CC1. The summed E-state index contributed by atoms with van der Waals surface area (Å²) in [5.41, 5.74) is 0. The van der Waals surface area contributed by atoms with Gasteiger partial charge in [0.05, 0.1) is 19.8 Å². The summed E-state index contributed by atoms with van der Waals surface area (Å²) in [7, 11) is 0. The maximum absolute atomic E-state index is 11.6. The molecule has 0 aromatic carbocycles. The normalized spacial score (nSPS) is 23.4. The molecular weight excluding hydrogens is 218 g/mol. The number of carbonyl (C=O) groups is 1. The molecule has 0 spiro atoms. The zero-order valence-corrected chi connectivity index (χ0v) is 10.6. The van der Waals surface area contributed by atoms with Crippen LogP contribution < -0.4 is 10.6 Å². The van der Waals surface area contributed by atoms with Gasteiger partial charge in [0.25, 0.3) is 0 Å². The highest BCUT2D eigenvalue weighted by molar-refractivity contribution is 5.78. The molecule has 5 nitrogen and oxygen atoms in total. The number of morpholine rings is 1. The van der Waals surface area contributed by atoms with Crippen molar-refractivity contribution in [3.05, 3.63) is 0 Å². The van der Waals surface area contributed by atoms with Gasteiger partial charge in [-0.3, -0.25) is 9.69 Å². The first-order valence-electron chi connectivity index (χ1n) is 6.57. The second-order valence-corrected chi connectivity index (χ2v) is 5.04. The molecular formula is C12H23N3O2. The van der Waals surface area contributed by atoms with Gasteiger partial charge in [-0.05, 0) is 19.8 Å². The van der Waals surface area contributed by atoms with Crippen LogP contribution in [0.1, 0.15) is 19.8 Å². The van der Waals surface area contributed by atoms with E-state index in [9.17, 15) is 4.79 Å². The fourth-order valence-corrected chi connectivity index (χ4v) is 2.07. The number of nitrogens with zero attached hydrogens (tertiary/aromatic N) is 1. The fourth-order valence-electron chi connectivity index (χ4n) is 2.07. The maximum Gasteiger partial charge on any atom is 0.234 e. The predicted molar refractivity (Wildman–Crippen MR) is 65.9 cm³/mol. The van der Waals surface area contributed by atoms with Crippen molar-refractivity contribution in [2.75, 3.05) is 39.4 Å². The summed E-state index contributed by atoms with van der Waals surface area (Å²) in [6.07, 6.45) is 2.44. The Morgan fingerprint density at radius 3 is 2.76 bits per heavy atom. The van der Waals surface area contributed by atoms with E-state index in [-0.39, 0.29) is 11.9 Å². The van der Waals surface area contributed by atoms with Gasteiger partial charge in [0.2, 0.25) is 5.91 Å². The number of carbonyl (C=O) groups excluding carboxylic acids is 1. The zero-order valence-electron chi connectivity index (χ0n) is 10.6. The van der Waals surface area contributed by atoms with Gasteiger partial charge in [0, 0.05) is 31.7 Å². The monoisotopic (exact) mass is 241 g/mol. The van der Waals surface area contributed by atoms with Gasteiger partial charge in [-0.25, -0.2) is 0 Å². The molecule has 0 bridgehead atoms. The highest BCUT2D eigenvalue weighted by Crippen LogP contribution is 2.17. The number of rotatable bonds is 6. The Kier molecular flexibility index (Phi) is 4.76. The standard InChI is InChI=1S/C12H23N3O2/c1-10(9-15-4-6-17-7-5-15)14-12(16)8-13-11-2-3-11/h10-11,13H,2-9H2,1H3,(H,14,16). The van der Waals surface area contributed by atoms with Crippen LogP contribution >= 0.6 is 0 Å². The minimum absolute atomic E-state index is 0.109. The number of ether oxygens (including phenoxy) is 1. The van der Waals surface area contributed by atoms with Crippen molar-refractivity contribution in [2.24, 2.45) is 0 Å². The first-order chi connectivity index (χ1) is 8.24. The van der Waals surface area contributed by atoms with Crippen LogP contribution in [0.2, 0.25) is 0 Å². The minimum atomic E-state index is 0.109. The predicted octanol–water partition coefficient (Wildman–Crippen LogP) is -0.425. The lowest BCUT2D eigenvalue weighted by Crippen LogP contribution is -2.47. The van der Waals surface area contributed by atoms with Gasteiger partial charge >= 0.3 is 0 Å². The highest BCUT2D eigenvalue weighted by atomic mass is 16.5. The molecule has 0 aromatic heterocycles. The summed E-state index contributed by atoms with van der Waals surface area (Å²) in [6, 6.07) is 0.803. The quantitative estimate of drug-likeness (QED) is 0.663. The summed E-state index contributed by atoms with van der Waals surface area (Å²) in [6.45, 7) is 7.00. The lowest BCUT2D eigenvalue weighted by atomic mass is 10.3. The topological polar surface area (TPSA) is 53.6 Å². The molecule has 2 aliphatic rings. The van der Waals surface area contributed by atoms with E-state index in [1.165, 1.54) is 12.8 Å². The first kappa shape index (κ1) is 12.8. The maximum atomic E-state index is 11.6. The van der Waals surface area contributed by atoms with Crippen molar-refractivity contribution < 1.29 is 9.53 Å². The van der Waals surface area contributed by atoms with E-state index in [4.69, 9.17) is 4.74 Å². The summed E-state index contributed by atoms with van der Waals surface area (Å²) in [4.78, 5) is 13.9. The molecule has 1 atom stereocenters. The van der Waals surface area contributed by atoms with E-state index in [0.29, 0.717) is 12.6 Å². The van der Waals surface area contributed by atoms with Crippen molar-refractivity contribution >= 4 is 5.91 Å². The summed E-state index contributed by atoms with van der Waals surface area (Å²) in [5.74, 6) is 0.109. The van der Waals surface area contributed by atoms with Crippen LogP contribution in [0.4, 0.5) is 0 Å². The van der Waals surface area contributed by atoms with Gasteiger partial charge < -0.3 is 15.4 Å². The Labute approximate surface area is 103 Å². The lowest BCUT2D eigenvalue weighted by molar-refractivity contribution is -0.121. The van der Waals surface area contributed by atoms with E-state index in [2.05, 4.69) is 22.5 Å². The van der Waals surface area contributed by atoms with E-state index < -0.39 is 0 Å². The van der Waals surface area contributed by atoms with E-state index >= 15 is 0 Å². The molecule has 98 valence electrons. The van der Waals surface area contributed by atoms with Crippen LogP contribution in [0.25, 0.3) is 0 Å². The zero-order chi connectivity index (χ0) is 12.1. The number of nitrogens with one attached hydrogen (secondary N) is 2. The molecule has 1 saturated heterocycles. The Bertz CT molecular complexity index is 250. The first-order valence-corrected chi connectivity index (χ1v) is 6.57. The second-order valence-electron chi connectivity index (χ2n) is 5.04. The number of amides is 1. The average Bonchev–Trinajstić information content (AvgIpc) is 3.11.